The van der Waals surface area contributed by atoms with Crippen LogP contribution in [0.2, 0.25) is 0 Å². The van der Waals surface area contributed by atoms with Gasteiger partial charge in [-0.15, -0.1) is 0 Å². The van der Waals surface area contributed by atoms with Gasteiger partial charge in [-0.3, -0.25) is 4.79 Å². The molecular formula is C20H21N3O3. The van der Waals surface area contributed by atoms with Gasteiger partial charge in [0.15, 0.2) is 0 Å². The summed E-state index contributed by atoms with van der Waals surface area (Å²) < 4.78 is 1.97. The lowest BCUT2D eigenvalue weighted by Crippen LogP contribution is -2.42. The second-order valence-corrected chi connectivity index (χ2v) is 6.20. The monoisotopic (exact) mass is 351 g/mol. The summed E-state index contributed by atoms with van der Waals surface area (Å²) in [5, 5.41) is 12.0. The molecule has 0 spiro atoms. The molecule has 1 atom stereocenters. The number of carboxylic acid groups (broad SMARTS) is 1. The van der Waals surface area contributed by atoms with Crippen molar-refractivity contribution in [3.63, 3.8) is 0 Å². The zero-order valence-electron chi connectivity index (χ0n) is 14.6. The van der Waals surface area contributed by atoms with Crippen LogP contribution < -0.4 is 5.32 Å². The Morgan fingerprint density at radius 3 is 2.54 bits per heavy atom. The van der Waals surface area contributed by atoms with Crippen molar-refractivity contribution in [1.82, 2.24) is 14.9 Å². The molecule has 134 valence electrons. The molecular weight excluding hydrogens is 330 g/mol. The Morgan fingerprint density at radius 2 is 1.81 bits per heavy atom. The number of fused-ring (bicyclic) bond motifs is 1. The first kappa shape index (κ1) is 17.7. The van der Waals surface area contributed by atoms with Crippen molar-refractivity contribution in [3.8, 4) is 0 Å². The highest BCUT2D eigenvalue weighted by molar-refractivity contribution is 5.84. The molecule has 26 heavy (non-hydrogen) atoms. The third-order valence-corrected chi connectivity index (χ3v) is 4.32. The van der Waals surface area contributed by atoms with E-state index in [0.29, 0.717) is 6.54 Å². The minimum Gasteiger partial charge on any atom is -0.480 e. The van der Waals surface area contributed by atoms with Gasteiger partial charge in [-0.1, -0.05) is 42.5 Å². The summed E-state index contributed by atoms with van der Waals surface area (Å²) >= 11 is 0. The first-order chi connectivity index (χ1) is 12.5. The Kier molecular flexibility index (Phi) is 5.31. The number of nitrogens with zero attached hydrogens (tertiary/aromatic N) is 2. The molecule has 0 radical (unpaired) electrons. The summed E-state index contributed by atoms with van der Waals surface area (Å²) in [6.07, 6.45) is 0.453. The highest BCUT2D eigenvalue weighted by Crippen LogP contribution is 2.15. The van der Waals surface area contributed by atoms with E-state index in [1.54, 1.807) is 0 Å². The predicted octanol–water partition coefficient (Wildman–Crippen LogP) is 2.55. The third-order valence-electron chi connectivity index (χ3n) is 4.32. The normalized spacial score (nSPS) is 12.0. The topological polar surface area (TPSA) is 84.2 Å². The van der Waals surface area contributed by atoms with Gasteiger partial charge in [0.05, 0.1) is 11.0 Å². The molecule has 3 rings (SSSR count). The number of carbonyl (C=O) groups is 2. The van der Waals surface area contributed by atoms with E-state index in [1.807, 2.05) is 66.1 Å². The van der Waals surface area contributed by atoms with Gasteiger partial charge in [0.25, 0.3) is 0 Å². The molecule has 0 aliphatic heterocycles. The number of aliphatic carboxylic acids is 1. The SMILES string of the molecule is Cc1nc2ccccc2n1CCC(=O)NC(Cc1ccccc1)C(=O)O. The van der Waals surface area contributed by atoms with Crippen molar-refractivity contribution in [2.24, 2.45) is 0 Å². The lowest BCUT2D eigenvalue weighted by molar-refractivity contribution is -0.141. The molecule has 6 heteroatoms. The molecule has 1 aromatic heterocycles. The zero-order valence-corrected chi connectivity index (χ0v) is 14.6. The van der Waals surface area contributed by atoms with Crippen LogP contribution >= 0.6 is 0 Å². The lowest BCUT2D eigenvalue weighted by Gasteiger charge is -2.15. The summed E-state index contributed by atoms with van der Waals surface area (Å²) in [4.78, 5) is 28.2. The maximum atomic E-state index is 12.3. The van der Waals surface area contributed by atoms with Gasteiger partial charge in [0.2, 0.25) is 5.91 Å². The highest BCUT2D eigenvalue weighted by atomic mass is 16.4. The van der Waals surface area contributed by atoms with Crippen molar-refractivity contribution in [2.75, 3.05) is 0 Å². The first-order valence-electron chi connectivity index (χ1n) is 8.52. The average Bonchev–Trinajstić information content (AvgIpc) is 2.95. The van der Waals surface area contributed by atoms with Crippen LogP contribution in [0, 0.1) is 6.92 Å². The van der Waals surface area contributed by atoms with E-state index in [2.05, 4.69) is 10.3 Å². The van der Waals surface area contributed by atoms with E-state index in [0.717, 1.165) is 22.4 Å². The number of para-hydroxylation sites is 2. The summed E-state index contributed by atoms with van der Waals surface area (Å²) in [6, 6.07) is 16.1. The Morgan fingerprint density at radius 1 is 1.12 bits per heavy atom. The number of carbonyl (C=O) groups excluding carboxylic acids is 1. The minimum atomic E-state index is -1.04. The van der Waals surface area contributed by atoms with Gasteiger partial charge in [-0.25, -0.2) is 9.78 Å². The van der Waals surface area contributed by atoms with Crippen molar-refractivity contribution in [3.05, 3.63) is 66.0 Å². The number of benzene rings is 2. The Balaban J connectivity index is 1.63. The Labute approximate surface area is 151 Å². The first-order valence-corrected chi connectivity index (χ1v) is 8.52. The molecule has 0 saturated heterocycles. The number of nitrogens with one attached hydrogen (secondary N) is 1. The van der Waals surface area contributed by atoms with E-state index in [-0.39, 0.29) is 18.7 Å². The Bertz CT molecular complexity index is 918. The quantitative estimate of drug-likeness (QED) is 0.685. The van der Waals surface area contributed by atoms with E-state index < -0.39 is 12.0 Å². The molecule has 2 aromatic carbocycles. The minimum absolute atomic E-state index is 0.194. The van der Waals surface area contributed by atoms with Crippen LogP contribution in [0.15, 0.2) is 54.6 Å². The molecule has 0 fully saturated rings. The molecule has 2 N–H and O–H groups in total. The van der Waals surface area contributed by atoms with Gasteiger partial charge < -0.3 is 15.0 Å². The van der Waals surface area contributed by atoms with Crippen LogP contribution in [0.25, 0.3) is 11.0 Å². The summed E-state index contributed by atoms with van der Waals surface area (Å²) in [7, 11) is 0. The molecule has 1 heterocycles. The van der Waals surface area contributed by atoms with E-state index in [9.17, 15) is 14.7 Å². The summed E-state index contributed by atoms with van der Waals surface area (Å²) in [5.74, 6) is -0.491. The molecule has 1 amide bonds. The molecule has 6 nitrogen and oxygen atoms in total. The van der Waals surface area contributed by atoms with E-state index in [4.69, 9.17) is 0 Å². The maximum Gasteiger partial charge on any atom is 0.326 e. The van der Waals surface area contributed by atoms with Crippen LogP contribution in [-0.2, 0) is 22.6 Å². The van der Waals surface area contributed by atoms with E-state index in [1.165, 1.54) is 0 Å². The molecule has 0 aliphatic rings. The number of imidazole rings is 1. The number of rotatable bonds is 7. The fourth-order valence-corrected chi connectivity index (χ4v) is 3.01. The van der Waals surface area contributed by atoms with Gasteiger partial charge in [-0.05, 0) is 24.6 Å². The van der Waals surface area contributed by atoms with Gasteiger partial charge in [0.1, 0.15) is 11.9 Å². The second-order valence-electron chi connectivity index (χ2n) is 6.20. The fraction of sp³-hybridized carbons (Fsp3) is 0.250. The van der Waals surface area contributed by atoms with Crippen molar-refractivity contribution in [2.45, 2.75) is 32.4 Å². The standard InChI is InChI=1S/C20H21N3O3/c1-14-21-16-9-5-6-10-18(16)23(14)12-11-19(24)22-17(20(25)26)13-15-7-3-2-4-8-15/h2-10,17H,11-13H2,1H3,(H,22,24)(H,25,26). The van der Waals surface area contributed by atoms with Crippen LogP contribution in [0.1, 0.15) is 17.8 Å². The van der Waals surface area contributed by atoms with Crippen molar-refractivity contribution < 1.29 is 14.7 Å². The average molecular weight is 351 g/mol. The number of hydrogen-bond donors (Lipinski definition) is 2. The van der Waals surface area contributed by atoms with Gasteiger partial charge in [-0.2, -0.15) is 0 Å². The molecule has 3 aromatic rings. The lowest BCUT2D eigenvalue weighted by atomic mass is 10.1. The number of amides is 1. The maximum absolute atomic E-state index is 12.3. The highest BCUT2D eigenvalue weighted by Gasteiger charge is 2.20. The molecule has 0 bridgehead atoms. The summed E-state index contributed by atoms with van der Waals surface area (Å²) in [5.41, 5.74) is 2.73. The number of aryl methyl sites for hydroxylation is 2. The van der Waals surface area contributed by atoms with Crippen LogP contribution in [0.5, 0.6) is 0 Å². The van der Waals surface area contributed by atoms with Crippen LogP contribution in [0.3, 0.4) is 0 Å². The van der Waals surface area contributed by atoms with Crippen molar-refractivity contribution >= 4 is 22.9 Å². The predicted molar refractivity (Wildman–Crippen MR) is 98.8 cm³/mol. The third kappa shape index (κ3) is 4.08. The van der Waals surface area contributed by atoms with Gasteiger partial charge >= 0.3 is 5.97 Å². The van der Waals surface area contributed by atoms with E-state index >= 15 is 0 Å². The Hall–Kier alpha value is -3.15. The smallest absolute Gasteiger partial charge is 0.326 e. The molecule has 0 aliphatic carbocycles. The second kappa shape index (κ2) is 7.82. The summed E-state index contributed by atoms with van der Waals surface area (Å²) in [6.45, 7) is 2.35. The van der Waals surface area contributed by atoms with Gasteiger partial charge in [0, 0.05) is 19.4 Å². The van der Waals surface area contributed by atoms with Crippen molar-refractivity contribution in [1.29, 1.82) is 0 Å². The largest absolute Gasteiger partial charge is 0.480 e. The number of aromatic nitrogens is 2. The van der Waals surface area contributed by atoms with Crippen LogP contribution in [-0.4, -0.2) is 32.6 Å². The molecule has 1 unspecified atom stereocenters. The molecule has 0 saturated carbocycles. The number of hydrogen-bond acceptors (Lipinski definition) is 3. The number of carboxylic acids is 1. The fourth-order valence-electron chi connectivity index (χ4n) is 3.01. The van der Waals surface area contributed by atoms with Crippen LogP contribution in [0.4, 0.5) is 0 Å². The zero-order chi connectivity index (χ0) is 18.5.